The average Bonchev–Trinajstić information content (AvgIpc) is 3.01. The maximum Gasteiger partial charge on any atom is 0.264 e. The van der Waals surface area contributed by atoms with Crippen molar-refractivity contribution in [3.05, 3.63) is 52.2 Å². The minimum atomic E-state index is -0.0695. The first kappa shape index (κ1) is 14.6. The Kier molecular flexibility index (Phi) is 5.15. The molecule has 0 saturated heterocycles. The molecular formula is C15H17NO3S. The number of aliphatic hydroxyl groups is 1. The standard InChI is InChI=1S/C15H17NO3S/c1-19-13-6-3-2-5-12(13)11-16(8-9-17)15(18)14-7-4-10-20-14/h2-7,10,17H,8-9,11H2,1H3. The van der Waals surface area contributed by atoms with E-state index >= 15 is 0 Å². The maximum absolute atomic E-state index is 12.4. The van der Waals surface area contributed by atoms with Crippen LogP contribution in [0.25, 0.3) is 0 Å². The minimum Gasteiger partial charge on any atom is -0.496 e. The number of hydrogen-bond acceptors (Lipinski definition) is 4. The van der Waals surface area contributed by atoms with Gasteiger partial charge in [0.25, 0.3) is 5.91 Å². The fraction of sp³-hybridized carbons (Fsp3) is 0.267. The summed E-state index contributed by atoms with van der Waals surface area (Å²) in [6, 6.07) is 11.2. The summed E-state index contributed by atoms with van der Waals surface area (Å²) in [6.07, 6.45) is 0. The van der Waals surface area contributed by atoms with Gasteiger partial charge in [-0.1, -0.05) is 24.3 Å². The Morgan fingerprint density at radius 3 is 2.75 bits per heavy atom. The lowest BCUT2D eigenvalue weighted by Gasteiger charge is -2.22. The van der Waals surface area contributed by atoms with Gasteiger partial charge in [-0.3, -0.25) is 4.79 Å². The second kappa shape index (κ2) is 7.07. The van der Waals surface area contributed by atoms with Gasteiger partial charge < -0.3 is 14.7 Å². The molecule has 0 fully saturated rings. The second-order valence-corrected chi connectivity index (χ2v) is 5.19. The Morgan fingerprint density at radius 2 is 2.10 bits per heavy atom. The predicted molar refractivity (Wildman–Crippen MR) is 79.1 cm³/mol. The largest absolute Gasteiger partial charge is 0.496 e. The lowest BCUT2D eigenvalue weighted by Crippen LogP contribution is -2.32. The molecular weight excluding hydrogens is 274 g/mol. The molecule has 106 valence electrons. The summed E-state index contributed by atoms with van der Waals surface area (Å²) < 4.78 is 5.30. The van der Waals surface area contributed by atoms with Crippen molar-refractivity contribution in [1.29, 1.82) is 0 Å². The molecule has 2 aromatic rings. The number of ether oxygens (including phenoxy) is 1. The van der Waals surface area contributed by atoms with Crippen molar-refractivity contribution in [3.8, 4) is 5.75 Å². The molecule has 0 unspecified atom stereocenters. The van der Waals surface area contributed by atoms with Gasteiger partial charge in [-0.2, -0.15) is 0 Å². The van der Waals surface area contributed by atoms with Crippen LogP contribution in [0.5, 0.6) is 5.75 Å². The van der Waals surface area contributed by atoms with Crippen LogP contribution < -0.4 is 4.74 Å². The Morgan fingerprint density at radius 1 is 1.30 bits per heavy atom. The van der Waals surface area contributed by atoms with Crippen LogP contribution in [0, 0.1) is 0 Å². The van der Waals surface area contributed by atoms with Crippen LogP contribution in [-0.2, 0) is 6.54 Å². The van der Waals surface area contributed by atoms with Crippen molar-refractivity contribution in [3.63, 3.8) is 0 Å². The number of aliphatic hydroxyl groups excluding tert-OH is 1. The molecule has 0 aliphatic heterocycles. The van der Waals surface area contributed by atoms with E-state index in [4.69, 9.17) is 9.84 Å². The quantitative estimate of drug-likeness (QED) is 0.889. The first-order chi connectivity index (χ1) is 9.76. The molecule has 2 rings (SSSR count). The summed E-state index contributed by atoms with van der Waals surface area (Å²) >= 11 is 1.40. The van der Waals surface area contributed by atoms with E-state index in [2.05, 4.69) is 0 Å². The van der Waals surface area contributed by atoms with Crippen molar-refractivity contribution >= 4 is 17.2 Å². The highest BCUT2D eigenvalue weighted by molar-refractivity contribution is 7.12. The van der Waals surface area contributed by atoms with Gasteiger partial charge in [-0.15, -0.1) is 11.3 Å². The highest BCUT2D eigenvalue weighted by Crippen LogP contribution is 2.21. The molecule has 4 nitrogen and oxygen atoms in total. The number of benzene rings is 1. The third-order valence-electron chi connectivity index (χ3n) is 2.94. The summed E-state index contributed by atoms with van der Waals surface area (Å²) in [5, 5.41) is 11.0. The molecule has 5 heteroatoms. The van der Waals surface area contributed by atoms with Gasteiger partial charge in [-0.05, 0) is 17.5 Å². The lowest BCUT2D eigenvalue weighted by molar-refractivity contribution is 0.0711. The fourth-order valence-corrected chi connectivity index (χ4v) is 2.66. The molecule has 0 radical (unpaired) electrons. The van der Waals surface area contributed by atoms with Crippen molar-refractivity contribution in [2.75, 3.05) is 20.3 Å². The van der Waals surface area contributed by atoms with Gasteiger partial charge in [0.2, 0.25) is 0 Å². The number of hydrogen-bond donors (Lipinski definition) is 1. The Bertz CT molecular complexity index is 554. The summed E-state index contributed by atoms with van der Waals surface area (Å²) in [5.41, 5.74) is 0.924. The summed E-state index contributed by atoms with van der Waals surface area (Å²) in [6.45, 7) is 0.655. The number of amides is 1. The molecule has 1 N–H and O–H groups in total. The van der Waals surface area contributed by atoms with Gasteiger partial charge in [-0.25, -0.2) is 0 Å². The highest BCUT2D eigenvalue weighted by atomic mass is 32.1. The zero-order chi connectivity index (χ0) is 14.4. The van der Waals surface area contributed by atoms with E-state index in [0.717, 1.165) is 11.3 Å². The van der Waals surface area contributed by atoms with Crippen LogP contribution in [0.15, 0.2) is 41.8 Å². The third-order valence-corrected chi connectivity index (χ3v) is 3.80. The third kappa shape index (κ3) is 3.37. The number of methoxy groups -OCH3 is 1. The number of nitrogens with zero attached hydrogens (tertiary/aromatic N) is 1. The normalized spacial score (nSPS) is 10.3. The minimum absolute atomic E-state index is 0.0632. The molecule has 1 heterocycles. The van der Waals surface area contributed by atoms with E-state index in [1.807, 2.05) is 35.7 Å². The van der Waals surface area contributed by atoms with Gasteiger partial charge in [0.1, 0.15) is 5.75 Å². The van der Waals surface area contributed by atoms with E-state index in [9.17, 15) is 4.79 Å². The van der Waals surface area contributed by atoms with Crippen LogP contribution in [0.2, 0.25) is 0 Å². The molecule has 0 saturated carbocycles. The summed E-state index contributed by atoms with van der Waals surface area (Å²) in [7, 11) is 1.61. The van der Waals surface area contributed by atoms with Gasteiger partial charge >= 0.3 is 0 Å². The number of thiophene rings is 1. The Balaban J connectivity index is 2.19. The summed E-state index contributed by atoms with van der Waals surface area (Å²) in [5.74, 6) is 0.675. The fourth-order valence-electron chi connectivity index (χ4n) is 1.97. The smallest absolute Gasteiger partial charge is 0.264 e. The van der Waals surface area contributed by atoms with Crippen molar-refractivity contribution in [2.24, 2.45) is 0 Å². The molecule has 1 aromatic heterocycles. The predicted octanol–water partition coefficient (Wildman–Crippen LogP) is 2.39. The number of para-hydroxylation sites is 1. The molecule has 1 amide bonds. The van der Waals surface area contributed by atoms with Crippen LogP contribution >= 0.6 is 11.3 Å². The first-order valence-electron chi connectivity index (χ1n) is 6.31. The molecule has 0 aliphatic rings. The highest BCUT2D eigenvalue weighted by Gasteiger charge is 2.17. The van der Waals surface area contributed by atoms with Crippen LogP contribution in [0.3, 0.4) is 0 Å². The van der Waals surface area contributed by atoms with E-state index in [0.29, 0.717) is 18.0 Å². The van der Waals surface area contributed by atoms with E-state index in [1.54, 1.807) is 18.1 Å². The van der Waals surface area contributed by atoms with E-state index < -0.39 is 0 Å². The number of carbonyl (C=O) groups is 1. The molecule has 0 aliphatic carbocycles. The SMILES string of the molecule is COc1ccccc1CN(CCO)C(=O)c1cccs1. The lowest BCUT2D eigenvalue weighted by atomic mass is 10.2. The topological polar surface area (TPSA) is 49.8 Å². The van der Waals surface area contributed by atoms with E-state index in [1.165, 1.54) is 11.3 Å². The Hall–Kier alpha value is -1.85. The maximum atomic E-state index is 12.4. The molecule has 0 bridgehead atoms. The van der Waals surface area contributed by atoms with Crippen molar-refractivity contribution in [2.45, 2.75) is 6.54 Å². The van der Waals surface area contributed by atoms with E-state index in [-0.39, 0.29) is 12.5 Å². The molecule has 0 atom stereocenters. The zero-order valence-corrected chi connectivity index (χ0v) is 12.1. The number of carbonyl (C=O) groups excluding carboxylic acids is 1. The second-order valence-electron chi connectivity index (χ2n) is 4.24. The van der Waals surface area contributed by atoms with Gasteiger partial charge in [0.15, 0.2) is 0 Å². The molecule has 1 aromatic carbocycles. The average molecular weight is 291 g/mol. The summed E-state index contributed by atoms with van der Waals surface area (Å²) in [4.78, 5) is 14.7. The van der Waals surface area contributed by atoms with Crippen LogP contribution in [0.4, 0.5) is 0 Å². The molecule has 20 heavy (non-hydrogen) atoms. The Labute approximate surface area is 122 Å². The van der Waals surface area contributed by atoms with Crippen LogP contribution in [0.1, 0.15) is 15.2 Å². The van der Waals surface area contributed by atoms with Crippen molar-refractivity contribution in [1.82, 2.24) is 4.90 Å². The molecule has 0 spiro atoms. The number of rotatable bonds is 6. The zero-order valence-electron chi connectivity index (χ0n) is 11.3. The van der Waals surface area contributed by atoms with Crippen molar-refractivity contribution < 1.29 is 14.6 Å². The van der Waals surface area contributed by atoms with Gasteiger partial charge in [0.05, 0.1) is 18.6 Å². The van der Waals surface area contributed by atoms with Crippen LogP contribution in [-0.4, -0.2) is 36.2 Å². The monoisotopic (exact) mass is 291 g/mol. The first-order valence-corrected chi connectivity index (χ1v) is 7.19. The van der Waals surface area contributed by atoms with Gasteiger partial charge in [0, 0.05) is 18.7 Å².